The van der Waals surface area contributed by atoms with Crippen LogP contribution >= 0.6 is 0 Å². The van der Waals surface area contributed by atoms with Gasteiger partial charge in [0.15, 0.2) is 0 Å². The maximum absolute atomic E-state index is 10.1. The molecule has 0 spiro atoms. The minimum Gasteiger partial charge on any atom is -0.508 e. The molecule has 1 aliphatic carbocycles. The molecule has 0 fully saturated rings. The van der Waals surface area contributed by atoms with Gasteiger partial charge in [-0.3, -0.25) is 0 Å². The summed E-state index contributed by atoms with van der Waals surface area (Å²) in [5.41, 5.74) is 3.73. The third-order valence-corrected chi connectivity index (χ3v) is 4.08. The van der Waals surface area contributed by atoms with Crippen LogP contribution in [0.5, 0.6) is 5.75 Å². The van der Waals surface area contributed by atoms with Crippen LogP contribution in [-0.4, -0.2) is 25.4 Å². The Morgan fingerprint density at radius 3 is 2.84 bits per heavy atom. The van der Waals surface area contributed by atoms with E-state index < -0.39 is 0 Å². The van der Waals surface area contributed by atoms with E-state index in [4.69, 9.17) is 4.74 Å². The van der Waals surface area contributed by atoms with Crippen molar-refractivity contribution in [1.29, 1.82) is 0 Å². The lowest BCUT2D eigenvalue weighted by Crippen LogP contribution is -2.27. The van der Waals surface area contributed by atoms with Crippen molar-refractivity contribution in [3.63, 3.8) is 0 Å². The highest BCUT2D eigenvalue weighted by atomic mass is 16.5. The fourth-order valence-electron chi connectivity index (χ4n) is 3.22. The van der Waals surface area contributed by atoms with Gasteiger partial charge >= 0.3 is 0 Å². The number of phenolic OH excluding ortho intramolecular Hbond substituents is 1. The third-order valence-electron chi connectivity index (χ3n) is 4.08. The van der Waals surface area contributed by atoms with Gasteiger partial charge in [-0.25, -0.2) is 0 Å². The molecule has 0 radical (unpaired) electrons. The van der Waals surface area contributed by atoms with Crippen molar-refractivity contribution in [2.75, 3.05) is 20.3 Å². The van der Waals surface area contributed by atoms with E-state index in [2.05, 4.69) is 26.1 Å². The molecule has 0 aromatic heterocycles. The van der Waals surface area contributed by atoms with Crippen LogP contribution in [0, 0.1) is 12.8 Å². The molecule has 0 saturated heterocycles. The number of benzene rings is 1. The minimum atomic E-state index is 0.268. The van der Waals surface area contributed by atoms with Crippen LogP contribution in [-0.2, 0) is 4.74 Å². The van der Waals surface area contributed by atoms with Crippen molar-refractivity contribution in [3.8, 4) is 5.75 Å². The first-order valence-electron chi connectivity index (χ1n) is 7.09. The summed E-state index contributed by atoms with van der Waals surface area (Å²) in [6.45, 7) is 8.22. The lowest BCUT2D eigenvalue weighted by molar-refractivity contribution is 0.156. The molecule has 2 N–H and O–H groups in total. The number of phenols is 1. The van der Waals surface area contributed by atoms with E-state index in [1.54, 1.807) is 7.11 Å². The summed E-state index contributed by atoms with van der Waals surface area (Å²) in [7, 11) is 1.73. The minimum absolute atomic E-state index is 0.268. The zero-order chi connectivity index (χ0) is 14.0. The quantitative estimate of drug-likeness (QED) is 0.857. The van der Waals surface area contributed by atoms with Gasteiger partial charge in [-0.15, -0.1) is 0 Å². The first-order valence-corrected chi connectivity index (χ1v) is 7.09. The Balaban J connectivity index is 2.13. The van der Waals surface area contributed by atoms with Crippen LogP contribution in [0.1, 0.15) is 48.9 Å². The van der Waals surface area contributed by atoms with E-state index >= 15 is 0 Å². The van der Waals surface area contributed by atoms with E-state index in [0.29, 0.717) is 17.6 Å². The zero-order valence-electron chi connectivity index (χ0n) is 12.4. The predicted molar refractivity (Wildman–Crippen MR) is 77.7 cm³/mol. The molecular formula is C16H25NO2. The first kappa shape index (κ1) is 14.4. The predicted octanol–water partition coefficient (Wildman–Crippen LogP) is 3.12. The van der Waals surface area contributed by atoms with Gasteiger partial charge in [-0.05, 0) is 42.4 Å². The Hall–Kier alpha value is -1.06. The fourth-order valence-corrected chi connectivity index (χ4v) is 3.22. The number of nitrogens with one attached hydrogen (secondary N) is 1. The van der Waals surface area contributed by atoms with Crippen LogP contribution in [0.4, 0.5) is 0 Å². The van der Waals surface area contributed by atoms with E-state index in [1.807, 2.05) is 12.1 Å². The molecule has 19 heavy (non-hydrogen) atoms. The first-order chi connectivity index (χ1) is 9.04. The molecule has 0 aliphatic heterocycles. The van der Waals surface area contributed by atoms with E-state index in [-0.39, 0.29) is 6.04 Å². The van der Waals surface area contributed by atoms with Crippen LogP contribution in [0.2, 0.25) is 0 Å². The van der Waals surface area contributed by atoms with Gasteiger partial charge in [-0.1, -0.05) is 19.9 Å². The lowest BCUT2D eigenvalue weighted by atomic mass is 9.97. The van der Waals surface area contributed by atoms with Gasteiger partial charge in [0.2, 0.25) is 0 Å². The summed E-state index contributed by atoms with van der Waals surface area (Å²) in [6, 6.07) is 4.10. The molecule has 3 nitrogen and oxygen atoms in total. The molecule has 0 amide bonds. The number of fused-ring (bicyclic) bond motifs is 1. The fraction of sp³-hybridized carbons (Fsp3) is 0.625. The standard InChI is InChI=1S/C16H25NO2/c1-10(9-19-4)8-17-13-7-12(3)15-11(2)5-6-14(18)16(13)15/h5-6,10,12-13,17-18H,7-9H2,1-4H3. The number of hydrogen-bond acceptors (Lipinski definition) is 3. The highest BCUT2D eigenvalue weighted by Gasteiger charge is 2.31. The smallest absolute Gasteiger partial charge is 0.120 e. The Labute approximate surface area is 116 Å². The van der Waals surface area contributed by atoms with Gasteiger partial charge < -0.3 is 15.2 Å². The number of ether oxygens (including phenoxy) is 1. The number of hydrogen-bond donors (Lipinski definition) is 2. The van der Waals surface area contributed by atoms with Gasteiger partial charge in [0, 0.05) is 31.9 Å². The molecule has 3 heteroatoms. The number of aromatic hydroxyl groups is 1. The van der Waals surface area contributed by atoms with Crippen molar-refractivity contribution < 1.29 is 9.84 Å². The second-order valence-corrected chi connectivity index (χ2v) is 5.89. The molecule has 3 atom stereocenters. The van der Waals surface area contributed by atoms with Crippen LogP contribution in [0.25, 0.3) is 0 Å². The highest BCUT2D eigenvalue weighted by molar-refractivity contribution is 5.50. The summed E-state index contributed by atoms with van der Waals surface area (Å²) in [4.78, 5) is 0. The van der Waals surface area contributed by atoms with E-state index in [0.717, 1.165) is 25.1 Å². The Bertz CT molecular complexity index is 445. The molecule has 3 unspecified atom stereocenters. The van der Waals surface area contributed by atoms with Crippen molar-refractivity contribution in [1.82, 2.24) is 5.32 Å². The summed E-state index contributed by atoms with van der Waals surface area (Å²) < 4.78 is 5.16. The Morgan fingerprint density at radius 1 is 1.42 bits per heavy atom. The molecule has 1 aromatic rings. The van der Waals surface area contributed by atoms with Crippen LogP contribution in [0.15, 0.2) is 12.1 Å². The van der Waals surface area contributed by atoms with Crippen LogP contribution < -0.4 is 5.32 Å². The molecule has 106 valence electrons. The maximum Gasteiger partial charge on any atom is 0.120 e. The second kappa shape index (κ2) is 5.93. The normalized spacial score (nSPS) is 23.4. The summed E-state index contributed by atoms with van der Waals surface area (Å²) in [5, 5.41) is 13.7. The summed E-state index contributed by atoms with van der Waals surface area (Å²) in [6.07, 6.45) is 1.06. The second-order valence-electron chi connectivity index (χ2n) is 5.89. The number of aryl methyl sites for hydroxylation is 1. The maximum atomic E-state index is 10.1. The van der Waals surface area contributed by atoms with Gasteiger partial charge in [0.25, 0.3) is 0 Å². The van der Waals surface area contributed by atoms with Crippen molar-refractivity contribution in [2.45, 2.75) is 39.2 Å². The van der Waals surface area contributed by atoms with Crippen molar-refractivity contribution in [2.24, 2.45) is 5.92 Å². The largest absolute Gasteiger partial charge is 0.508 e. The average molecular weight is 263 g/mol. The zero-order valence-corrected chi connectivity index (χ0v) is 12.4. The van der Waals surface area contributed by atoms with Crippen LogP contribution in [0.3, 0.4) is 0 Å². The third kappa shape index (κ3) is 2.93. The summed E-state index contributed by atoms with van der Waals surface area (Å²) >= 11 is 0. The average Bonchev–Trinajstić information content (AvgIpc) is 2.70. The van der Waals surface area contributed by atoms with Crippen molar-refractivity contribution in [3.05, 3.63) is 28.8 Å². The molecule has 1 aromatic carbocycles. The monoisotopic (exact) mass is 263 g/mol. The van der Waals surface area contributed by atoms with Gasteiger partial charge in [0.1, 0.15) is 5.75 Å². The summed E-state index contributed by atoms with van der Waals surface area (Å²) in [5.74, 6) is 1.43. The van der Waals surface area contributed by atoms with E-state index in [1.165, 1.54) is 11.1 Å². The lowest BCUT2D eigenvalue weighted by Gasteiger charge is -2.18. The molecule has 2 rings (SSSR count). The topological polar surface area (TPSA) is 41.5 Å². The SMILES string of the molecule is COCC(C)CNC1CC(C)c2c(C)ccc(O)c21. The number of rotatable bonds is 5. The molecule has 0 saturated carbocycles. The number of methoxy groups -OCH3 is 1. The van der Waals surface area contributed by atoms with Gasteiger partial charge in [-0.2, -0.15) is 0 Å². The highest BCUT2D eigenvalue weighted by Crippen LogP contribution is 2.45. The molecular weight excluding hydrogens is 238 g/mol. The molecule has 0 bridgehead atoms. The van der Waals surface area contributed by atoms with Gasteiger partial charge in [0.05, 0.1) is 0 Å². The van der Waals surface area contributed by atoms with Crippen molar-refractivity contribution >= 4 is 0 Å². The molecule has 1 aliphatic rings. The molecule has 0 heterocycles. The van der Waals surface area contributed by atoms with E-state index in [9.17, 15) is 5.11 Å². The Morgan fingerprint density at radius 2 is 2.16 bits per heavy atom. The Kier molecular flexibility index (Phi) is 4.48.